The Kier molecular flexibility index (Phi) is 8.40. The highest BCUT2D eigenvalue weighted by Crippen LogP contribution is 2.13. The molecule has 0 aromatic carbocycles. The van der Waals surface area contributed by atoms with Gasteiger partial charge in [-0.3, -0.25) is 9.59 Å². The molecule has 0 aliphatic rings. The number of nitrogens with one attached hydrogen (secondary N) is 4. The average Bonchev–Trinajstić information content (AvgIpc) is 3.09. The third-order valence-electron chi connectivity index (χ3n) is 3.69. The van der Waals surface area contributed by atoms with E-state index in [4.69, 9.17) is 0 Å². The minimum absolute atomic E-state index is 0.129. The van der Waals surface area contributed by atoms with Crippen LogP contribution in [-0.2, 0) is 16.1 Å². The summed E-state index contributed by atoms with van der Waals surface area (Å²) >= 11 is 1.56. The van der Waals surface area contributed by atoms with Crippen LogP contribution in [0.3, 0.4) is 0 Å². The van der Waals surface area contributed by atoms with Crippen LogP contribution >= 0.6 is 11.3 Å². The number of hydrogen-bond acceptors (Lipinski definition) is 4. The molecule has 1 aromatic rings. The third-order valence-corrected chi connectivity index (χ3v) is 4.57. The lowest BCUT2D eigenvalue weighted by molar-refractivity contribution is -0.129. The second-order valence-corrected chi connectivity index (χ2v) is 7.36. The Labute approximate surface area is 153 Å². The molecule has 0 radical (unpaired) electrons. The Hall–Kier alpha value is -2.09. The lowest BCUT2D eigenvalue weighted by Crippen LogP contribution is -2.52. The van der Waals surface area contributed by atoms with E-state index in [9.17, 15) is 14.4 Å². The Bertz CT molecular complexity index is 572. The standard InChI is InChI=1S/C17H28N4O3S/c1-5-13(14(22)19-10-12-8-7-9-25-12)21-16(24)20-11-17(3,4)15(23)18-6-2/h7-9,13H,5-6,10-11H2,1-4H3,(H,18,23)(H,19,22)(H2,20,21,24). The van der Waals surface area contributed by atoms with Crippen molar-refractivity contribution in [2.45, 2.75) is 46.7 Å². The molecule has 8 heteroatoms. The number of carbonyl (C=O) groups is 3. The molecule has 0 bridgehead atoms. The first kappa shape index (κ1) is 21.0. The summed E-state index contributed by atoms with van der Waals surface area (Å²) in [5, 5.41) is 12.8. The number of amides is 4. The molecule has 25 heavy (non-hydrogen) atoms. The van der Waals surface area contributed by atoms with Crippen LogP contribution in [0.5, 0.6) is 0 Å². The molecule has 1 aromatic heterocycles. The van der Waals surface area contributed by atoms with Gasteiger partial charge in [0.05, 0.1) is 12.0 Å². The maximum Gasteiger partial charge on any atom is 0.315 e. The maximum absolute atomic E-state index is 12.2. The van der Waals surface area contributed by atoms with E-state index in [1.165, 1.54) is 0 Å². The smallest absolute Gasteiger partial charge is 0.315 e. The van der Waals surface area contributed by atoms with Crippen LogP contribution in [0.25, 0.3) is 0 Å². The highest BCUT2D eigenvalue weighted by Gasteiger charge is 2.28. The summed E-state index contributed by atoms with van der Waals surface area (Å²) in [6.07, 6.45) is 0.476. The first-order chi connectivity index (χ1) is 11.8. The fourth-order valence-electron chi connectivity index (χ4n) is 2.05. The zero-order valence-corrected chi connectivity index (χ0v) is 16.1. The second kappa shape index (κ2) is 10.0. The monoisotopic (exact) mass is 368 g/mol. The van der Waals surface area contributed by atoms with Gasteiger partial charge in [-0.1, -0.05) is 13.0 Å². The summed E-state index contributed by atoms with van der Waals surface area (Å²) in [5.74, 6) is -0.356. The highest BCUT2D eigenvalue weighted by molar-refractivity contribution is 7.09. The van der Waals surface area contributed by atoms with Crippen molar-refractivity contribution in [3.05, 3.63) is 22.4 Å². The van der Waals surface area contributed by atoms with Crippen LogP contribution in [0.15, 0.2) is 17.5 Å². The zero-order valence-electron chi connectivity index (χ0n) is 15.3. The normalized spacial score (nSPS) is 12.2. The number of urea groups is 1. The fraction of sp³-hybridized carbons (Fsp3) is 0.588. The molecule has 0 saturated heterocycles. The summed E-state index contributed by atoms with van der Waals surface area (Å²) in [5.41, 5.74) is -0.726. The summed E-state index contributed by atoms with van der Waals surface area (Å²) in [6.45, 7) is 8.34. The Morgan fingerprint density at radius 1 is 1.16 bits per heavy atom. The quantitative estimate of drug-likeness (QED) is 0.533. The van der Waals surface area contributed by atoms with Gasteiger partial charge in [0.2, 0.25) is 11.8 Å². The summed E-state index contributed by atoms with van der Waals surface area (Å²) in [7, 11) is 0. The Balaban J connectivity index is 2.44. The minimum Gasteiger partial charge on any atom is -0.356 e. The van der Waals surface area contributed by atoms with Crippen molar-refractivity contribution in [2.24, 2.45) is 5.41 Å². The van der Waals surface area contributed by atoms with Gasteiger partial charge in [-0.15, -0.1) is 11.3 Å². The summed E-state index contributed by atoms with van der Waals surface area (Å²) in [4.78, 5) is 37.2. The van der Waals surface area contributed by atoms with Crippen LogP contribution in [0.2, 0.25) is 0 Å². The van der Waals surface area contributed by atoms with E-state index in [-0.39, 0.29) is 18.4 Å². The van der Waals surface area contributed by atoms with Gasteiger partial charge in [0.15, 0.2) is 0 Å². The zero-order chi connectivity index (χ0) is 18.9. The van der Waals surface area contributed by atoms with Gasteiger partial charge >= 0.3 is 6.03 Å². The van der Waals surface area contributed by atoms with Gasteiger partial charge in [-0.25, -0.2) is 4.79 Å². The van der Waals surface area contributed by atoms with Crippen LogP contribution in [0.1, 0.15) is 39.0 Å². The predicted octanol–water partition coefficient (Wildman–Crippen LogP) is 1.60. The molecule has 1 unspecified atom stereocenters. The van der Waals surface area contributed by atoms with Gasteiger partial charge in [0.25, 0.3) is 0 Å². The van der Waals surface area contributed by atoms with Crippen LogP contribution in [0.4, 0.5) is 4.79 Å². The van der Waals surface area contributed by atoms with Crippen molar-refractivity contribution in [2.75, 3.05) is 13.1 Å². The van der Waals surface area contributed by atoms with Crippen LogP contribution < -0.4 is 21.3 Å². The molecule has 4 N–H and O–H groups in total. The minimum atomic E-state index is -0.726. The molecule has 0 fully saturated rings. The first-order valence-electron chi connectivity index (χ1n) is 8.43. The van der Waals surface area contributed by atoms with Gasteiger partial charge in [0.1, 0.15) is 6.04 Å². The van der Waals surface area contributed by atoms with E-state index in [1.807, 2.05) is 31.4 Å². The summed E-state index contributed by atoms with van der Waals surface area (Å²) in [6, 6.07) is 2.78. The molecule has 0 spiro atoms. The maximum atomic E-state index is 12.2. The van der Waals surface area contributed by atoms with Crippen LogP contribution in [-0.4, -0.2) is 37.0 Å². The molecule has 140 valence electrons. The molecule has 1 heterocycles. The van der Waals surface area contributed by atoms with E-state index < -0.39 is 17.5 Å². The highest BCUT2D eigenvalue weighted by atomic mass is 32.1. The first-order valence-corrected chi connectivity index (χ1v) is 9.30. The Morgan fingerprint density at radius 3 is 2.44 bits per heavy atom. The largest absolute Gasteiger partial charge is 0.356 e. The lowest BCUT2D eigenvalue weighted by Gasteiger charge is -2.24. The van der Waals surface area contributed by atoms with E-state index in [0.29, 0.717) is 19.5 Å². The molecule has 1 rings (SSSR count). The average molecular weight is 369 g/mol. The van der Waals surface area contributed by atoms with Crippen molar-refractivity contribution in [1.82, 2.24) is 21.3 Å². The Morgan fingerprint density at radius 2 is 1.88 bits per heavy atom. The molecule has 7 nitrogen and oxygen atoms in total. The molecular weight excluding hydrogens is 340 g/mol. The van der Waals surface area contributed by atoms with E-state index in [2.05, 4.69) is 21.3 Å². The molecule has 0 aliphatic heterocycles. The van der Waals surface area contributed by atoms with E-state index >= 15 is 0 Å². The molecular formula is C17H28N4O3S. The van der Waals surface area contributed by atoms with Crippen molar-refractivity contribution in [3.8, 4) is 0 Å². The SMILES string of the molecule is CCNC(=O)C(C)(C)CNC(=O)NC(CC)C(=O)NCc1cccs1. The fourth-order valence-corrected chi connectivity index (χ4v) is 2.70. The summed E-state index contributed by atoms with van der Waals surface area (Å²) < 4.78 is 0. The van der Waals surface area contributed by atoms with Crippen molar-refractivity contribution < 1.29 is 14.4 Å². The molecule has 4 amide bonds. The number of hydrogen-bond donors (Lipinski definition) is 4. The molecule has 0 saturated carbocycles. The number of thiophene rings is 1. The van der Waals surface area contributed by atoms with Crippen LogP contribution in [0, 0.1) is 5.41 Å². The second-order valence-electron chi connectivity index (χ2n) is 6.33. The van der Waals surface area contributed by atoms with Gasteiger partial charge in [-0.05, 0) is 38.6 Å². The third kappa shape index (κ3) is 7.13. The predicted molar refractivity (Wildman–Crippen MR) is 99.2 cm³/mol. The number of rotatable bonds is 9. The lowest BCUT2D eigenvalue weighted by atomic mass is 9.92. The van der Waals surface area contributed by atoms with Crippen molar-refractivity contribution >= 4 is 29.2 Å². The van der Waals surface area contributed by atoms with E-state index in [0.717, 1.165) is 4.88 Å². The van der Waals surface area contributed by atoms with E-state index in [1.54, 1.807) is 25.2 Å². The van der Waals surface area contributed by atoms with Gasteiger partial charge in [0, 0.05) is 18.0 Å². The number of carbonyl (C=O) groups excluding carboxylic acids is 3. The van der Waals surface area contributed by atoms with Gasteiger partial charge in [-0.2, -0.15) is 0 Å². The van der Waals surface area contributed by atoms with Gasteiger partial charge < -0.3 is 21.3 Å². The van der Waals surface area contributed by atoms with Crippen molar-refractivity contribution in [1.29, 1.82) is 0 Å². The molecule has 1 atom stereocenters. The molecule has 0 aliphatic carbocycles. The van der Waals surface area contributed by atoms with Crippen molar-refractivity contribution in [3.63, 3.8) is 0 Å². The topological polar surface area (TPSA) is 99.3 Å².